The minimum absolute atomic E-state index is 0.183. The first-order valence-electron chi connectivity index (χ1n) is 11.6. The van der Waals surface area contributed by atoms with E-state index in [-0.39, 0.29) is 11.6 Å². The van der Waals surface area contributed by atoms with Gasteiger partial charge in [-0.05, 0) is 72.4 Å². The standard InChI is InChI=1S/C29H29N3O3/c1-17(2)21-9-13-24(14-10-21)31-27-26(22-11-15-23(16-12-22)30-20(5)33)28(34)32(29(27)35)25-8-6-7-18(3)19(25)4/h6-17,31H,1-5H3,(H,30,33). The van der Waals surface area contributed by atoms with Crippen LogP contribution in [0.15, 0.2) is 72.4 Å². The number of benzene rings is 3. The average Bonchev–Trinajstić information content (AvgIpc) is 3.05. The predicted octanol–water partition coefficient (Wildman–Crippen LogP) is 5.78. The molecule has 3 aromatic carbocycles. The number of hydrogen-bond donors (Lipinski definition) is 2. The molecule has 3 amide bonds. The fourth-order valence-corrected chi connectivity index (χ4v) is 4.13. The maximum absolute atomic E-state index is 13.7. The zero-order chi connectivity index (χ0) is 25.3. The van der Waals surface area contributed by atoms with Crippen LogP contribution in [0.1, 0.15) is 48.9 Å². The average molecular weight is 468 g/mol. The molecule has 2 N–H and O–H groups in total. The first-order chi connectivity index (χ1) is 16.7. The van der Waals surface area contributed by atoms with Crippen molar-refractivity contribution in [3.05, 3.63) is 94.7 Å². The van der Waals surface area contributed by atoms with Crippen molar-refractivity contribution in [2.45, 2.75) is 40.5 Å². The second-order valence-corrected chi connectivity index (χ2v) is 9.07. The molecule has 0 saturated carbocycles. The van der Waals surface area contributed by atoms with Crippen molar-refractivity contribution < 1.29 is 14.4 Å². The van der Waals surface area contributed by atoms with E-state index >= 15 is 0 Å². The third-order valence-corrected chi connectivity index (χ3v) is 6.24. The molecule has 0 fully saturated rings. The van der Waals surface area contributed by atoms with Gasteiger partial charge in [-0.3, -0.25) is 14.4 Å². The van der Waals surface area contributed by atoms with Gasteiger partial charge in [0.25, 0.3) is 11.8 Å². The lowest BCUT2D eigenvalue weighted by molar-refractivity contribution is -0.120. The molecule has 0 saturated heterocycles. The molecule has 0 bridgehead atoms. The van der Waals surface area contributed by atoms with Crippen LogP contribution in [0, 0.1) is 13.8 Å². The number of aryl methyl sites for hydroxylation is 1. The van der Waals surface area contributed by atoms with Crippen LogP contribution in [-0.4, -0.2) is 17.7 Å². The minimum Gasteiger partial charge on any atom is -0.350 e. The Hall–Kier alpha value is -4.19. The van der Waals surface area contributed by atoms with Gasteiger partial charge in [-0.15, -0.1) is 0 Å². The van der Waals surface area contributed by atoms with Crippen molar-refractivity contribution in [2.75, 3.05) is 15.5 Å². The molecule has 0 unspecified atom stereocenters. The minimum atomic E-state index is -0.405. The number of hydrogen-bond acceptors (Lipinski definition) is 4. The molecule has 0 aliphatic carbocycles. The first-order valence-corrected chi connectivity index (χ1v) is 11.6. The monoisotopic (exact) mass is 467 g/mol. The largest absolute Gasteiger partial charge is 0.350 e. The van der Waals surface area contributed by atoms with Gasteiger partial charge in [0.2, 0.25) is 5.91 Å². The number of imide groups is 1. The molecule has 1 aliphatic heterocycles. The molecule has 6 nitrogen and oxygen atoms in total. The Morgan fingerprint density at radius 2 is 1.46 bits per heavy atom. The quantitative estimate of drug-likeness (QED) is 0.450. The van der Waals surface area contributed by atoms with Crippen LogP contribution in [0.4, 0.5) is 17.1 Å². The highest BCUT2D eigenvalue weighted by molar-refractivity contribution is 6.46. The van der Waals surface area contributed by atoms with Gasteiger partial charge in [0.15, 0.2) is 0 Å². The summed E-state index contributed by atoms with van der Waals surface area (Å²) >= 11 is 0. The highest BCUT2D eigenvalue weighted by atomic mass is 16.2. The van der Waals surface area contributed by atoms with Crippen molar-refractivity contribution in [3.63, 3.8) is 0 Å². The molecule has 1 heterocycles. The molecule has 0 aromatic heterocycles. The van der Waals surface area contributed by atoms with E-state index in [0.29, 0.717) is 28.4 Å². The highest BCUT2D eigenvalue weighted by Gasteiger charge is 2.41. The number of amides is 3. The molecule has 1 aliphatic rings. The zero-order valence-electron chi connectivity index (χ0n) is 20.6. The van der Waals surface area contributed by atoms with E-state index in [9.17, 15) is 14.4 Å². The molecular formula is C29H29N3O3. The van der Waals surface area contributed by atoms with Gasteiger partial charge in [-0.2, -0.15) is 0 Å². The van der Waals surface area contributed by atoms with Crippen molar-refractivity contribution in [2.24, 2.45) is 0 Å². The van der Waals surface area contributed by atoms with Gasteiger partial charge in [0, 0.05) is 18.3 Å². The Bertz CT molecular complexity index is 1340. The van der Waals surface area contributed by atoms with Crippen molar-refractivity contribution in [1.29, 1.82) is 0 Å². The highest BCUT2D eigenvalue weighted by Crippen LogP contribution is 2.36. The van der Waals surface area contributed by atoms with E-state index < -0.39 is 11.8 Å². The topological polar surface area (TPSA) is 78.5 Å². The van der Waals surface area contributed by atoms with Crippen LogP contribution in [0.3, 0.4) is 0 Å². The number of nitrogens with one attached hydrogen (secondary N) is 2. The third kappa shape index (κ3) is 4.73. The SMILES string of the molecule is CC(=O)Nc1ccc(C2=C(Nc3ccc(C(C)C)cc3)C(=O)N(c3cccc(C)c3C)C2=O)cc1. The molecule has 35 heavy (non-hydrogen) atoms. The van der Waals surface area contributed by atoms with E-state index in [1.54, 1.807) is 30.3 Å². The lowest BCUT2D eigenvalue weighted by Crippen LogP contribution is -2.33. The lowest BCUT2D eigenvalue weighted by atomic mass is 10.0. The number of carbonyl (C=O) groups excluding carboxylic acids is 3. The summed E-state index contributed by atoms with van der Waals surface area (Å²) in [6.07, 6.45) is 0. The summed E-state index contributed by atoms with van der Waals surface area (Å²) in [5.74, 6) is -0.595. The van der Waals surface area contributed by atoms with Gasteiger partial charge >= 0.3 is 0 Å². The van der Waals surface area contributed by atoms with E-state index in [4.69, 9.17) is 0 Å². The second-order valence-electron chi connectivity index (χ2n) is 9.07. The molecule has 4 rings (SSSR count). The van der Waals surface area contributed by atoms with E-state index in [1.165, 1.54) is 17.4 Å². The molecule has 0 atom stereocenters. The molecule has 0 radical (unpaired) electrons. The van der Waals surface area contributed by atoms with Crippen LogP contribution in [0.2, 0.25) is 0 Å². The summed E-state index contributed by atoms with van der Waals surface area (Å²) in [7, 11) is 0. The second kappa shape index (κ2) is 9.58. The molecular weight excluding hydrogens is 438 g/mol. The number of nitrogens with zero attached hydrogens (tertiary/aromatic N) is 1. The Morgan fingerprint density at radius 1 is 0.829 bits per heavy atom. The van der Waals surface area contributed by atoms with Crippen molar-refractivity contribution in [1.82, 2.24) is 0 Å². The maximum Gasteiger partial charge on any atom is 0.282 e. The summed E-state index contributed by atoms with van der Waals surface area (Å²) in [4.78, 5) is 40.0. The summed E-state index contributed by atoms with van der Waals surface area (Å²) in [6.45, 7) is 9.53. The number of rotatable bonds is 6. The van der Waals surface area contributed by atoms with Crippen LogP contribution in [0.5, 0.6) is 0 Å². The molecule has 3 aromatic rings. The summed E-state index contributed by atoms with van der Waals surface area (Å²) in [5, 5.41) is 5.94. The lowest BCUT2D eigenvalue weighted by Gasteiger charge is -2.19. The van der Waals surface area contributed by atoms with E-state index in [2.05, 4.69) is 24.5 Å². The molecule has 0 spiro atoms. The van der Waals surface area contributed by atoms with Crippen molar-refractivity contribution in [3.8, 4) is 0 Å². The van der Waals surface area contributed by atoms with Gasteiger partial charge < -0.3 is 10.6 Å². The van der Waals surface area contributed by atoms with Gasteiger partial charge in [0.05, 0.1) is 11.3 Å². The Balaban J connectivity index is 1.79. The summed E-state index contributed by atoms with van der Waals surface area (Å²) in [6, 6.07) is 20.4. The summed E-state index contributed by atoms with van der Waals surface area (Å²) < 4.78 is 0. The normalized spacial score (nSPS) is 13.6. The van der Waals surface area contributed by atoms with Gasteiger partial charge in [-0.1, -0.05) is 50.2 Å². The smallest absolute Gasteiger partial charge is 0.282 e. The predicted molar refractivity (Wildman–Crippen MR) is 140 cm³/mol. The van der Waals surface area contributed by atoms with Gasteiger partial charge in [-0.25, -0.2) is 4.90 Å². The van der Waals surface area contributed by atoms with E-state index in [1.807, 2.05) is 50.2 Å². The van der Waals surface area contributed by atoms with Crippen LogP contribution in [0.25, 0.3) is 5.57 Å². The molecule has 178 valence electrons. The molecule has 6 heteroatoms. The zero-order valence-corrected chi connectivity index (χ0v) is 20.6. The first kappa shape index (κ1) is 24.0. The fraction of sp³-hybridized carbons (Fsp3) is 0.207. The van der Waals surface area contributed by atoms with Crippen molar-refractivity contribution >= 4 is 40.4 Å². The third-order valence-electron chi connectivity index (χ3n) is 6.24. The summed E-state index contributed by atoms with van der Waals surface area (Å²) in [5.41, 5.74) is 6.06. The van der Waals surface area contributed by atoms with Gasteiger partial charge in [0.1, 0.15) is 5.70 Å². The van der Waals surface area contributed by atoms with E-state index in [0.717, 1.165) is 16.8 Å². The maximum atomic E-state index is 13.7. The number of carbonyl (C=O) groups is 3. The Morgan fingerprint density at radius 3 is 2.06 bits per heavy atom. The fourth-order valence-electron chi connectivity index (χ4n) is 4.13. The van der Waals surface area contributed by atoms with Crippen LogP contribution >= 0.6 is 0 Å². The van der Waals surface area contributed by atoms with Crippen LogP contribution < -0.4 is 15.5 Å². The van der Waals surface area contributed by atoms with Crippen LogP contribution in [-0.2, 0) is 14.4 Å². The number of anilines is 3. The Labute approximate surface area is 205 Å². The Kier molecular flexibility index (Phi) is 6.56.